The van der Waals surface area contributed by atoms with E-state index in [2.05, 4.69) is 25.4 Å². The highest BCUT2D eigenvalue weighted by Crippen LogP contribution is 2.20. The Kier molecular flexibility index (Phi) is 6.78. The Labute approximate surface area is 105 Å². The molecule has 0 saturated carbocycles. The molecule has 3 nitrogen and oxygen atoms in total. The zero-order valence-electron chi connectivity index (χ0n) is 11.7. The summed E-state index contributed by atoms with van der Waals surface area (Å²) in [5, 5.41) is 0. The quantitative estimate of drug-likeness (QED) is 0.388. The van der Waals surface area contributed by atoms with Crippen LogP contribution in [0.15, 0.2) is 17.6 Å². The van der Waals surface area contributed by atoms with E-state index < -0.39 is 6.04 Å². The smallest absolute Gasteiger partial charge is 0.330 e. The lowest BCUT2D eigenvalue weighted by Crippen LogP contribution is -2.28. The maximum Gasteiger partial charge on any atom is 0.330 e. The lowest BCUT2D eigenvalue weighted by atomic mass is 9.90. The van der Waals surface area contributed by atoms with Crippen molar-refractivity contribution in [3.63, 3.8) is 0 Å². The van der Waals surface area contributed by atoms with Gasteiger partial charge in [-0.3, -0.25) is 4.99 Å². The lowest BCUT2D eigenvalue weighted by Gasteiger charge is -2.20. The number of nitrogens with zero attached hydrogens (tertiary/aromatic N) is 1. The van der Waals surface area contributed by atoms with Crippen molar-refractivity contribution in [2.75, 3.05) is 7.11 Å². The van der Waals surface area contributed by atoms with Crippen LogP contribution in [0.2, 0.25) is 0 Å². The molecule has 0 aliphatic heterocycles. The Morgan fingerprint density at radius 1 is 1.53 bits per heavy atom. The van der Waals surface area contributed by atoms with E-state index in [0.29, 0.717) is 0 Å². The Bertz CT molecular complexity index is 282. The van der Waals surface area contributed by atoms with Crippen LogP contribution in [0.1, 0.15) is 40.5 Å². The van der Waals surface area contributed by atoms with E-state index in [4.69, 9.17) is 4.74 Å². The van der Waals surface area contributed by atoms with Crippen LogP contribution < -0.4 is 0 Å². The molecule has 0 radical (unpaired) electrons. The molecule has 0 spiro atoms. The molecule has 0 aromatic rings. The van der Waals surface area contributed by atoms with E-state index in [1.807, 2.05) is 26.1 Å². The van der Waals surface area contributed by atoms with Crippen molar-refractivity contribution in [3.8, 4) is 0 Å². The van der Waals surface area contributed by atoms with Crippen molar-refractivity contribution in [2.45, 2.75) is 46.6 Å². The van der Waals surface area contributed by atoms with Gasteiger partial charge < -0.3 is 4.74 Å². The van der Waals surface area contributed by atoms with Crippen molar-refractivity contribution in [1.29, 1.82) is 0 Å². The van der Waals surface area contributed by atoms with E-state index in [-0.39, 0.29) is 17.3 Å². The number of rotatable bonds is 7. The average Bonchev–Trinajstić information content (AvgIpc) is 2.28. The summed E-state index contributed by atoms with van der Waals surface area (Å²) in [6.07, 6.45) is 5.45. The first kappa shape index (κ1) is 15.9. The van der Waals surface area contributed by atoms with Crippen molar-refractivity contribution >= 4 is 12.2 Å². The maximum atomic E-state index is 11.6. The fourth-order valence-electron chi connectivity index (χ4n) is 1.49. The monoisotopic (exact) mass is 239 g/mol. The first-order valence-corrected chi connectivity index (χ1v) is 6.11. The number of methoxy groups -OCH3 is 1. The van der Waals surface area contributed by atoms with Crippen LogP contribution in [0.5, 0.6) is 0 Å². The second-order valence-corrected chi connectivity index (χ2v) is 5.11. The minimum atomic E-state index is -0.394. The van der Waals surface area contributed by atoms with E-state index in [0.717, 1.165) is 12.8 Å². The summed E-state index contributed by atoms with van der Waals surface area (Å²) in [7, 11) is 1.40. The standard InChI is InChI=1S/C14H25NO2/c1-7-9-14(4,5)10-15-12(11(3)8-2)13(16)17-6/h7,10-12H,1,8-9H2,2-6H3/t11-,12-/m0/s1. The fraction of sp³-hybridized carbons (Fsp3) is 0.714. The molecule has 0 aromatic carbocycles. The molecule has 0 aliphatic carbocycles. The molecular weight excluding hydrogens is 214 g/mol. The summed E-state index contributed by atoms with van der Waals surface area (Å²) >= 11 is 0. The lowest BCUT2D eigenvalue weighted by molar-refractivity contribution is -0.143. The van der Waals surface area contributed by atoms with Gasteiger partial charge in [-0.2, -0.15) is 0 Å². The van der Waals surface area contributed by atoms with Gasteiger partial charge in [0.1, 0.15) is 6.04 Å². The fourth-order valence-corrected chi connectivity index (χ4v) is 1.49. The highest BCUT2D eigenvalue weighted by atomic mass is 16.5. The van der Waals surface area contributed by atoms with Crippen LogP contribution in [0, 0.1) is 11.3 Å². The summed E-state index contributed by atoms with van der Waals surface area (Å²) in [5.74, 6) is -0.0664. The number of esters is 1. The molecule has 0 aromatic heterocycles. The third-order valence-corrected chi connectivity index (χ3v) is 2.88. The van der Waals surface area contributed by atoms with Gasteiger partial charge in [-0.1, -0.05) is 40.2 Å². The van der Waals surface area contributed by atoms with E-state index >= 15 is 0 Å². The Balaban J connectivity index is 4.79. The first-order chi connectivity index (χ1) is 7.87. The van der Waals surface area contributed by atoms with Gasteiger partial charge in [0.15, 0.2) is 0 Å². The predicted octanol–water partition coefficient (Wildman–Crippen LogP) is 3.25. The highest BCUT2D eigenvalue weighted by Gasteiger charge is 2.24. The number of hydrogen-bond acceptors (Lipinski definition) is 3. The third kappa shape index (κ3) is 5.66. The second-order valence-electron chi connectivity index (χ2n) is 5.11. The predicted molar refractivity (Wildman–Crippen MR) is 72.3 cm³/mol. The summed E-state index contributed by atoms with van der Waals surface area (Å²) in [4.78, 5) is 16.0. The molecule has 98 valence electrons. The van der Waals surface area contributed by atoms with Crippen LogP contribution in [0.25, 0.3) is 0 Å². The SMILES string of the molecule is C=CCC(C)(C)C=N[C@H](C(=O)OC)[C@@H](C)CC. The third-order valence-electron chi connectivity index (χ3n) is 2.88. The maximum absolute atomic E-state index is 11.6. The van der Waals surface area contributed by atoms with Gasteiger partial charge in [-0.05, 0) is 12.3 Å². The minimum absolute atomic E-state index is 0.0680. The molecule has 0 saturated heterocycles. The molecule has 17 heavy (non-hydrogen) atoms. The van der Waals surface area contributed by atoms with Gasteiger partial charge in [0.2, 0.25) is 0 Å². The van der Waals surface area contributed by atoms with E-state index in [1.54, 1.807) is 0 Å². The van der Waals surface area contributed by atoms with Crippen molar-refractivity contribution < 1.29 is 9.53 Å². The topological polar surface area (TPSA) is 38.7 Å². The van der Waals surface area contributed by atoms with Crippen LogP contribution in [-0.2, 0) is 9.53 Å². The molecule has 0 heterocycles. The first-order valence-electron chi connectivity index (χ1n) is 6.11. The van der Waals surface area contributed by atoms with Crippen molar-refractivity contribution in [2.24, 2.45) is 16.3 Å². The van der Waals surface area contributed by atoms with Gasteiger partial charge in [-0.15, -0.1) is 6.58 Å². The van der Waals surface area contributed by atoms with Gasteiger partial charge in [0, 0.05) is 11.6 Å². The van der Waals surface area contributed by atoms with Crippen LogP contribution in [0.4, 0.5) is 0 Å². The minimum Gasteiger partial charge on any atom is -0.467 e. The van der Waals surface area contributed by atoms with Crippen molar-refractivity contribution in [3.05, 3.63) is 12.7 Å². The van der Waals surface area contributed by atoms with Crippen LogP contribution in [-0.4, -0.2) is 25.3 Å². The van der Waals surface area contributed by atoms with Crippen molar-refractivity contribution in [1.82, 2.24) is 0 Å². The Hall–Kier alpha value is -1.12. The zero-order chi connectivity index (χ0) is 13.5. The molecule has 0 aliphatic rings. The molecule has 0 bridgehead atoms. The summed E-state index contributed by atoms with van der Waals surface area (Å²) < 4.78 is 4.79. The van der Waals surface area contributed by atoms with Gasteiger partial charge in [-0.25, -0.2) is 4.79 Å². The highest BCUT2D eigenvalue weighted by molar-refractivity contribution is 5.79. The number of carbonyl (C=O) groups excluding carboxylic acids is 1. The zero-order valence-corrected chi connectivity index (χ0v) is 11.7. The molecule has 0 rings (SSSR count). The molecule has 2 atom stereocenters. The van der Waals surface area contributed by atoms with Gasteiger partial charge in [0.25, 0.3) is 0 Å². The summed E-state index contributed by atoms with van der Waals surface area (Å²) in [6.45, 7) is 11.9. The molecule has 3 heteroatoms. The summed E-state index contributed by atoms with van der Waals surface area (Å²) in [5.41, 5.74) is -0.0680. The summed E-state index contributed by atoms with van der Waals surface area (Å²) in [6, 6.07) is -0.394. The number of allylic oxidation sites excluding steroid dienone is 1. The Morgan fingerprint density at radius 2 is 2.12 bits per heavy atom. The molecule has 0 fully saturated rings. The normalized spacial score (nSPS) is 15.6. The molecule has 0 unspecified atom stereocenters. The van der Waals surface area contributed by atoms with E-state index in [1.165, 1.54) is 7.11 Å². The number of ether oxygens (including phenoxy) is 1. The molecular formula is C14H25NO2. The number of carbonyl (C=O) groups is 1. The number of hydrogen-bond donors (Lipinski definition) is 0. The average molecular weight is 239 g/mol. The van der Waals surface area contributed by atoms with Crippen LogP contribution in [0.3, 0.4) is 0 Å². The molecule has 0 N–H and O–H groups in total. The Morgan fingerprint density at radius 3 is 2.53 bits per heavy atom. The van der Waals surface area contributed by atoms with Gasteiger partial charge >= 0.3 is 5.97 Å². The molecule has 0 amide bonds. The largest absolute Gasteiger partial charge is 0.467 e. The number of aliphatic imine (C=N–C) groups is 1. The van der Waals surface area contributed by atoms with Gasteiger partial charge in [0.05, 0.1) is 7.11 Å². The second kappa shape index (κ2) is 7.25. The van der Waals surface area contributed by atoms with Crippen LogP contribution >= 0.6 is 0 Å². The van der Waals surface area contributed by atoms with E-state index in [9.17, 15) is 4.79 Å².